The highest BCUT2D eigenvalue weighted by Gasteiger charge is 2.34. The summed E-state index contributed by atoms with van der Waals surface area (Å²) >= 11 is 0. The van der Waals surface area contributed by atoms with E-state index in [4.69, 9.17) is 9.47 Å². The Kier molecular flexibility index (Phi) is 10.6. The number of carbonyl (C=O) groups is 4. The van der Waals surface area contributed by atoms with Gasteiger partial charge in [0.05, 0.1) is 25.3 Å². The quantitative estimate of drug-likeness (QED) is 0.420. The van der Waals surface area contributed by atoms with Gasteiger partial charge in [-0.2, -0.15) is 0 Å². The van der Waals surface area contributed by atoms with E-state index < -0.39 is 12.1 Å². The number of ether oxygens (including phenoxy) is 2. The van der Waals surface area contributed by atoms with Crippen molar-refractivity contribution in [2.24, 2.45) is 0 Å². The van der Waals surface area contributed by atoms with E-state index in [0.717, 1.165) is 11.1 Å². The molecule has 10 nitrogen and oxygen atoms in total. The van der Waals surface area contributed by atoms with Crippen LogP contribution in [0.3, 0.4) is 0 Å². The highest BCUT2D eigenvalue weighted by atomic mass is 16.5. The third-order valence-electron chi connectivity index (χ3n) is 8.14. The summed E-state index contributed by atoms with van der Waals surface area (Å²) in [6, 6.07) is 21.2. The lowest BCUT2D eigenvalue weighted by molar-refractivity contribution is -0.137. The first-order chi connectivity index (χ1) is 21.8. The smallest absolute Gasteiger partial charge is 0.253 e. The van der Waals surface area contributed by atoms with Crippen LogP contribution in [0, 0.1) is 0 Å². The second-order valence-electron chi connectivity index (χ2n) is 11.5. The van der Waals surface area contributed by atoms with Crippen molar-refractivity contribution < 1.29 is 33.8 Å². The summed E-state index contributed by atoms with van der Waals surface area (Å²) in [4.78, 5) is 54.9. The van der Waals surface area contributed by atoms with Gasteiger partial charge in [0.1, 0.15) is 11.5 Å². The van der Waals surface area contributed by atoms with Gasteiger partial charge in [-0.3, -0.25) is 19.2 Å². The number of hydrogen-bond acceptors (Lipinski definition) is 7. The number of rotatable bonds is 5. The predicted octanol–water partition coefficient (Wildman–Crippen LogP) is 3.75. The van der Waals surface area contributed by atoms with Crippen LogP contribution < -0.4 is 10.1 Å². The zero-order valence-electron chi connectivity index (χ0n) is 25.4. The Morgan fingerprint density at radius 1 is 0.933 bits per heavy atom. The van der Waals surface area contributed by atoms with Gasteiger partial charge in [0.2, 0.25) is 11.8 Å². The van der Waals surface area contributed by atoms with Gasteiger partial charge >= 0.3 is 0 Å². The molecular formula is C35H39N3O7. The largest absolute Gasteiger partial charge is 0.457 e. The van der Waals surface area contributed by atoms with Crippen molar-refractivity contribution >= 4 is 23.5 Å². The molecule has 3 aromatic carbocycles. The van der Waals surface area contributed by atoms with Crippen LogP contribution in [0.2, 0.25) is 0 Å². The first-order valence-electron chi connectivity index (χ1n) is 15.3. The van der Waals surface area contributed by atoms with Crippen LogP contribution in [0.4, 0.5) is 0 Å². The Labute approximate surface area is 262 Å². The van der Waals surface area contributed by atoms with E-state index in [1.807, 2.05) is 48.5 Å². The molecule has 3 aliphatic rings. The standard InChI is InChI=1S/C35H39N3O7/c1-24(40)27-9-11-28(12-10-27)35(43)38-18-16-32-31(21-38)36-33(41)22-37(17-3-19-39)34(42)15-8-25-6-13-29(14-7-25)45-30-5-2-4-26(20-30)23-44-32/h2,4-7,9-14,20,31-32,39H,3,8,15-19,21-23H2,1H3,(H,36,41)/t31-,32-/m0/s1. The van der Waals surface area contributed by atoms with Crippen LogP contribution in [0.5, 0.6) is 11.5 Å². The fourth-order valence-electron chi connectivity index (χ4n) is 5.63. The van der Waals surface area contributed by atoms with Crippen LogP contribution >= 0.6 is 0 Å². The monoisotopic (exact) mass is 613 g/mol. The molecule has 2 N–H and O–H groups in total. The SMILES string of the molecule is CC(=O)c1ccc(C(=O)N2CC[C@@H]3OCc4cccc(c4)Oc4ccc(cc4)CCC(=O)N(CCCO)CC(=O)N[C@H]3C2)cc1. The molecule has 3 heterocycles. The molecule has 0 saturated carbocycles. The molecule has 45 heavy (non-hydrogen) atoms. The van der Waals surface area contributed by atoms with Gasteiger partial charge < -0.3 is 29.7 Å². The number of nitrogens with zero attached hydrogens (tertiary/aromatic N) is 2. The molecule has 4 bridgehead atoms. The third kappa shape index (κ3) is 8.55. The normalized spacial score (nSPS) is 19.4. The maximum Gasteiger partial charge on any atom is 0.253 e. The maximum absolute atomic E-state index is 13.4. The van der Waals surface area contributed by atoms with E-state index in [1.54, 1.807) is 29.2 Å². The Hall–Kier alpha value is -4.54. The second-order valence-corrected chi connectivity index (χ2v) is 11.5. The highest BCUT2D eigenvalue weighted by Crippen LogP contribution is 2.25. The van der Waals surface area contributed by atoms with Gasteiger partial charge in [-0.05, 0) is 73.7 Å². The van der Waals surface area contributed by atoms with Crippen LogP contribution in [-0.4, -0.2) is 83.3 Å². The van der Waals surface area contributed by atoms with Crippen LogP contribution in [0.15, 0.2) is 72.8 Å². The van der Waals surface area contributed by atoms with Gasteiger partial charge in [-0.15, -0.1) is 0 Å². The average molecular weight is 614 g/mol. The lowest BCUT2D eigenvalue weighted by Crippen LogP contribution is -2.58. The van der Waals surface area contributed by atoms with Gasteiger partial charge in [0.15, 0.2) is 5.78 Å². The molecule has 2 atom stereocenters. The summed E-state index contributed by atoms with van der Waals surface area (Å²) < 4.78 is 12.4. The van der Waals surface area contributed by atoms with Crippen molar-refractivity contribution in [2.75, 3.05) is 32.8 Å². The molecule has 0 aromatic heterocycles. The molecule has 1 fully saturated rings. The molecule has 0 aliphatic carbocycles. The molecule has 1 saturated heterocycles. The number of Topliss-reactive ketones (excluding diaryl/α,β-unsaturated/α-hetero) is 1. The Morgan fingerprint density at radius 3 is 2.42 bits per heavy atom. The van der Waals surface area contributed by atoms with E-state index >= 15 is 0 Å². The number of hydrogen-bond donors (Lipinski definition) is 2. The molecular weight excluding hydrogens is 574 g/mol. The van der Waals surface area contributed by atoms with Crippen molar-refractivity contribution in [1.29, 1.82) is 0 Å². The van der Waals surface area contributed by atoms with Crippen molar-refractivity contribution in [2.45, 2.75) is 51.4 Å². The van der Waals surface area contributed by atoms with Crippen LogP contribution in [0.1, 0.15) is 58.0 Å². The van der Waals surface area contributed by atoms with Crippen molar-refractivity contribution in [3.63, 3.8) is 0 Å². The van der Waals surface area contributed by atoms with E-state index in [2.05, 4.69) is 5.32 Å². The molecule has 0 spiro atoms. The number of piperidine rings is 1. The molecule has 236 valence electrons. The summed E-state index contributed by atoms with van der Waals surface area (Å²) in [6.45, 7) is 2.36. The molecule has 0 radical (unpaired) electrons. The Bertz CT molecular complexity index is 1510. The Balaban J connectivity index is 1.37. The molecule has 0 unspecified atom stereocenters. The van der Waals surface area contributed by atoms with Crippen LogP contribution in [0.25, 0.3) is 0 Å². The summed E-state index contributed by atoms with van der Waals surface area (Å²) in [5.41, 5.74) is 2.84. The number of nitrogens with one attached hydrogen (secondary N) is 1. The number of likely N-dealkylation sites (tertiary alicyclic amines) is 1. The molecule has 6 rings (SSSR count). The molecule has 3 amide bonds. The zero-order chi connectivity index (χ0) is 31.8. The lowest BCUT2D eigenvalue weighted by Gasteiger charge is -2.39. The maximum atomic E-state index is 13.4. The topological polar surface area (TPSA) is 125 Å². The van der Waals surface area contributed by atoms with Gasteiger partial charge in [-0.25, -0.2) is 0 Å². The number of benzene rings is 3. The van der Waals surface area contributed by atoms with Crippen molar-refractivity contribution in [3.8, 4) is 11.5 Å². The van der Waals surface area contributed by atoms with E-state index in [-0.39, 0.29) is 62.8 Å². The van der Waals surface area contributed by atoms with Gasteiger partial charge in [-0.1, -0.05) is 36.4 Å². The summed E-state index contributed by atoms with van der Waals surface area (Å²) in [5, 5.41) is 12.5. The minimum Gasteiger partial charge on any atom is -0.457 e. The lowest BCUT2D eigenvalue weighted by atomic mass is 10.00. The zero-order valence-corrected chi connectivity index (χ0v) is 25.4. The van der Waals surface area contributed by atoms with E-state index in [0.29, 0.717) is 48.4 Å². The molecule has 10 heteroatoms. The van der Waals surface area contributed by atoms with Crippen molar-refractivity contribution in [1.82, 2.24) is 15.1 Å². The summed E-state index contributed by atoms with van der Waals surface area (Å²) in [7, 11) is 0. The molecule has 3 aromatic rings. The second kappa shape index (κ2) is 15.0. The molecule has 3 aliphatic heterocycles. The van der Waals surface area contributed by atoms with Crippen LogP contribution in [-0.2, 0) is 27.4 Å². The first kappa shape index (κ1) is 31.9. The average Bonchev–Trinajstić information content (AvgIpc) is 3.05. The van der Waals surface area contributed by atoms with Gasteiger partial charge in [0.25, 0.3) is 5.91 Å². The fourth-order valence-corrected chi connectivity index (χ4v) is 5.63. The van der Waals surface area contributed by atoms with E-state index in [9.17, 15) is 24.3 Å². The Morgan fingerprint density at radius 2 is 1.69 bits per heavy atom. The number of fused-ring (bicyclic) bond motifs is 9. The number of amides is 3. The highest BCUT2D eigenvalue weighted by molar-refractivity contribution is 5.97. The van der Waals surface area contributed by atoms with Crippen molar-refractivity contribution in [3.05, 3.63) is 95.1 Å². The number of aliphatic hydroxyl groups excluding tert-OH is 1. The minimum absolute atomic E-state index is 0.0794. The van der Waals surface area contributed by atoms with E-state index in [1.165, 1.54) is 11.8 Å². The number of carbonyl (C=O) groups excluding carboxylic acids is 4. The summed E-state index contributed by atoms with van der Waals surface area (Å²) in [6.07, 6.45) is 1.15. The number of ketones is 1. The third-order valence-corrected chi connectivity index (χ3v) is 8.14. The van der Waals surface area contributed by atoms with Gasteiger partial charge in [0, 0.05) is 43.8 Å². The first-order valence-corrected chi connectivity index (χ1v) is 15.3. The number of aliphatic hydroxyl groups is 1. The predicted molar refractivity (Wildman–Crippen MR) is 167 cm³/mol. The minimum atomic E-state index is -0.529. The fraction of sp³-hybridized carbons (Fsp3) is 0.371. The summed E-state index contributed by atoms with van der Waals surface area (Å²) in [5.74, 6) is 0.507. The number of aryl methyl sites for hydroxylation is 1.